The van der Waals surface area contributed by atoms with Crippen LogP contribution in [0.3, 0.4) is 0 Å². The molecule has 0 bridgehead atoms. The second-order valence-corrected chi connectivity index (χ2v) is 12.6. The highest BCUT2D eigenvalue weighted by Gasteiger charge is 2.44. The normalized spacial score (nSPS) is 32.7. The number of aliphatic hydroxyl groups is 2. The van der Waals surface area contributed by atoms with Crippen LogP contribution in [0.4, 0.5) is 0 Å². The number of aromatic hydroxyl groups is 1. The van der Waals surface area contributed by atoms with Gasteiger partial charge < -0.3 is 25.4 Å². The number of nitrogens with one attached hydrogen (secondary N) is 1. The third-order valence-electron chi connectivity index (χ3n) is 10.2. The molecule has 1 heterocycles. The molecule has 5 rings (SSSR count). The number of ketones is 2. The molecule has 0 amide bonds. The molecule has 4 aliphatic rings. The molecule has 1 saturated heterocycles. The van der Waals surface area contributed by atoms with Gasteiger partial charge in [-0.3, -0.25) is 9.59 Å². The largest absolute Gasteiger partial charge is 0.504 e. The van der Waals surface area contributed by atoms with Gasteiger partial charge in [0.15, 0.2) is 17.3 Å². The van der Waals surface area contributed by atoms with Gasteiger partial charge in [0, 0.05) is 37.8 Å². The van der Waals surface area contributed by atoms with Crippen LogP contribution < -0.4 is 10.1 Å². The average molecular weight is 552 g/mol. The molecule has 1 aromatic rings. The van der Waals surface area contributed by atoms with Crippen molar-refractivity contribution in [3.8, 4) is 23.3 Å². The zero-order valence-electron chi connectivity index (χ0n) is 23.7. The second kappa shape index (κ2) is 13.1. The van der Waals surface area contributed by atoms with Crippen molar-refractivity contribution >= 4 is 11.6 Å². The van der Waals surface area contributed by atoms with Gasteiger partial charge in [0.25, 0.3) is 0 Å². The van der Waals surface area contributed by atoms with E-state index >= 15 is 0 Å². The Labute approximate surface area is 238 Å². The number of methoxy groups -OCH3 is 1. The summed E-state index contributed by atoms with van der Waals surface area (Å²) in [4.78, 5) is 25.2. The third kappa shape index (κ3) is 6.40. The van der Waals surface area contributed by atoms with E-state index < -0.39 is 12.0 Å². The fraction of sp³-hybridized carbons (Fsp3) is 0.697. The molecule has 218 valence electrons. The van der Waals surface area contributed by atoms with Crippen molar-refractivity contribution in [2.45, 2.75) is 95.1 Å². The monoisotopic (exact) mass is 551 g/mol. The Morgan fingerprint density at radius 2 is 1.93 bits per heavy atom. The lowest BCUT2D eigenvalue weighted by Gasteiger charge is -2.49. The quantitative estimate of drug-likeness (QED) is 0.362. The molecule has 2 saturated carbocycles. The SMILES string of the molecule is COc1cc2c(cc1O)[C@H](CCCO)C#C[C@H]([C@H](O)CC[C@@H]1CC[C@@H]3[C@H](CN[C@@H]4CC(=O)CC[C@@H]34)C1)C(=O)CC2. The molecule has 3 aliphatic carbocycles. The number of benzene rings is 1. The maximum absolute atomic E-state index is 13.3. The van der Waals surface area contributed by atoms with E-state index in [9.17, 15) is 24.9 Å². The molecule has 0 unspecified atom stereocenters. The van der Waals surface area contributed by atoms with Crippen LogP contribution in [0.25, 0.3) is 0 Å². The number of phenols is 1. The van der Waals surface area contributed by atoms with Crippen molar-refractivity contribution in [3.63, 3.8) is 0 Å². The van der Waals surface area contributed by atoms with E-state index in [1.165, 1.54) is 13.5 Å². The van der Waals surface area contributed by atoms with Crippen molar-refractivity contribution in [2.75, 3.05) is 20.3 Å². The number of carbonyl (C=O) groups is 2. The fourth-order valence-corrected chi connectivity index (χ4v) is 8.01. The summed E-state index contributed by atoms with van der Waals surface area (Å²) in [7, 11) is 1.50. The molecule has 7 nitrogen and oxygen atoms in total. The van der Waals surface area contributed by atoms with Crippen molar-refractivity contribution < 1.29 is 29.6 Å². The number of aryl methyl sites for hydroxylation is 1. The Bertz CT molecular complexity index is 1140. The number of piperidine rings is 1. The number of phenolic OH excluding ortho intramolecular Hbond substituents is 1. The summed E-state index contributed by atoms with van der Waals surface area (Å²) in [5, 5.41) is 34.8. The van der Waals surface area contributed by atoms with Gasteiger partial charge in [-0.2, -0.15) is 0 Å². The van der Waals surface area contributed by atoms with Crippen LogP contribution in [0, 0.1) is 41.4 Å². The maximum atomic E-state index is 13.3. The molecule has 40 heavy (non-hydrogen) atoms. The Morgan fingerprint density at radius 3 is 2.73 bits per heavy atom. The molecule has 4 N–H and O–H groups in total. The topological polar surface area (TPSA) is 116 Å². The summed E-state index contributed by atoms with van der Waals surface area (Å²) in [6, 6.07) is 3.83. The summed E-state index contributed by atoms with van der Waals surface area (Å²) >= 11 is 0. The maximum Gasteiger partial charge on any atom is 0.160 e. The summed E-state index contributed by atoms with van der Waals surface area (Å²) in [5.74, 6) is 8.70. The number of hydrogen-bond acceptors (Lipinski definition) is 7. The van der Waals surface area contributed by atoms with Crippen LogP contribution in [-0.2, 0) is 16.0 Å². The lowest BCUT2D eigenvalue weighted by molar-refractivity contribution is -0.124. The van der Waals surface area contributed by atoms with E-state index in [1.807, 2.05) is 0 Å². The first-order valence-corrected chi connectivity index (χ1v) is 15.4. The fourth-order valence-electron chi connectivity index (χ4n) is 8.01. The van der Waals surface area contributed by atoms with Crippen LogP contribution >= 0.6 is 0 Å². The summed E-state index contributed by atoms with van der Waals surface area (Å²) in [5.41, 5.74) is 1.78. The Morgan fingerprint density at radius 1 is 1.07 bits per heavy atom. The van der Waals surface area contributed by atoms with Crippen molar-refractivity contribution in [1.82, 2.24) is 5.32 Å². The van der Waals surface area contributed by atoms with Gasteiger partial charge in [0.2, 0.25) is 0 Å². The standard InChI is InChI=1S/C33H45NO6/c1-40-33-16-22-7-13-31(38)27(10-6-21(3-2-14-35)28(22)18-32(33)39)30(37)12-5-20-4-9-25-23(15-20)19-34-29-17-24(36)8-11-26(25)29/h16,18,20-21,23,25-27,29-30,34-35,37,39H,2-5,7-9,11-15,17,19H2,1H3/t20-,21+,23-,25+,26-,27+,29+,30+/m0/s1. The van der Waals surface area contributed by atoms with E-state index in [2.05, 4.69) is 17.2 Å². The Hall–Kier alpha value is -2.40. The second-order valence-electron chi connectivity index (χ2n) is 12.6. The number of rotatable bonds is 8. The Kier molecular flexibility index (Phi) is 9.50. The summed E-state index contributed by atoms with van der Waals surface area (Å²) in [6.07, 6.45) is 8.52. The van der Waals surface area contributed by atoms with Gasteiger partial charge in [-0.25, -0.2) is 0 Å². The number of fused-ring (bicyclic) bond motifs is 4. The van der Waals surface area contributed by atoms with E-state index in [0.717, 1.165) is 49.8 Å². The molecular weight excluding hydrogens is 506 g/mol. The molecule has 0 radical (unpaired) electrons. The number of aliphatic hydroxyl groups excluding tert-OH is 2. The predicted molar refractivity (Wildman–Crippen MR) is 152 cm³/mol. The van der Waals surface area contributed by atoms with E-state index in [1.54, 1.807) is 12.1 Å². The summed E-state index contributed by atoms with van der Waals surface area (Å²) in [6.45, 7) is 1.03. The number of hydrogen-bond donors (Lipinski definition) is 4. The first-order chi connectivity index (χ1) is 19.4. The number of ether oxygens (including phenoxy) is 1. The number of Topliss-reactive ketones (excluding diaryl/α,β-unsaturated/α-hetero) is 2. The number of carbonyl (C=O) groups excluding carboxylic acids is 2. The van der Waals surface area contributed by atoms with Crippen LogP contribution in [0.5, 0.6) is 11.5 Å². The first kappa shape index (κ1) is 29.1. The smallest absolute Gasteiger partial charge is 0.160 e. The minimum Gasteiger partial charge on any atom is -0.504 e. The third-order valence-corrected chi connectivity index (χ3v) is 10.2. The van der Waals surface area contributed by atoms with Gasteiger partial charge in [0.1, 0.15) is 11.7 Å². The van der Waals surface area contributed by atoms with Gasteiger partial charge in [0.05, 0.1) is 13.2 Å². The van der Waals surface area contributed by atoms with Crippen LogP contribution in [-0.4, -0.2) is 59.3 Å². The molecule has 0 spiro atoms. The molecule has 1 aliphatic heterocycles. The lowest BCUT2D eigenvalue weighted by Crippen LogP contribution is -2.54. The zero-order chi connectivity index (χ0) is 28.2. The molecule has 8 atom stereocenters. The van der Waals surface area contributed by atoms with Crippen LogP contribution in [0.15, 0.2) is 12.1 Å². The lowest BCUT2D eigenvalue weighted by atomic mass is 9.61. The van der Waals surface area contributed by atoms with Crippen molar-refractivity contribution in [3.05, 3.63) is 23.3 Å². The highest BCUT2D eigenvalue weighted by atomic mass is 16.5. The molecule has 1 aromatic carbocycles. The summed E-state index contributed by atoms with van der Waals surface area (Å²) < 4.78 is 5.30. The average Bonchev–Trinajstić information content (AvgIpc) is 3.02. The Balaban J connectivity index is 1.23. The van der Waals surface area contributed by atoms with Crippen LogP contribution in [0.1, 0.15) is 87.7 Å². The minimum atomic E-state index is -0.807. The highest BCUT2D eigenvalue weighted by molar-refractivity contribution is 5.85. The highest BCUT2D eigenvalue weighted by Crippen LogP contribution is 2.46. The van der Waals surface area contributed by atoms with Crippen molar-refractivity contribution in [2.24, 2.45) is 29.6 Å². The van der Waals surface area contributed by atoms with Crippen molar-refractivity contribution in [1.29, 1.82) is 0 Å². The van der Waals surface area contributed by atoms with Gasteiger partial charge >= 0.3 is 0 Å². The van der Waals surface area contributed by atoms with E-state index in [4.69, 9.17) is 4.74 Å². The predicted octanol–water partition coefficient (Wildman–Crippen LogP) is 3.91. The molecule has 7 heteroatoms. The van der Waals surface area contributed by atoms with Gasteiger partial charge in [-0.1, -0.05) is 18.3 Å². The molecule has 3 fully saturated rings. The molecule has 0 aromatic heterocycles. The molecular formula is C33H45NO6. The van der Waals surface area contributed by atoms with E-state index in [-0.39, 0.29) is 30.5 Å². The zero-order valence-corrected chi connectivity index (χ0v) is 23.7. The minimum absolute atomic E-state index is 0.0367. The van der Waals surface area contributed by atoms with Gasteiger partial charge in [-0.05, 0) is 105 Å². The van der Waals surface area contributed by atoms with Crippen LogP contribution in [0.2, 0.25) is 0 Å². The van der Waals surface area contributed by atoms with E-state index in [0.29, 0.717) is 73.4 Å². The first-order valence-electron chi connectivity index (χ1n) is 15.4. The van der Waals surface area contributed by atoms with Gasteiger partial charge in [-0.15, -0.1) is 0 Å².